The minimum atomic E-state index is 0. The molecule has 3 heteroatoms. The van der Waals surface area contributed by atoms with Crippen molar-refractivity contribution in [3.05, 3.63) is 22.7 Å². The van der Waals surface area contributed by atoms with Crippen LogP contribution < -0.4 is 0 Å². The van der Waals surface area contributed by atoms with Gasteiger partial charge in [-0.1, -0.05) is 42.3 Å². The van der Waals surface area contributed by atoms with Gasteiger partial charge in [-0.25, -0.2) is 0 Å². The summed E-state index contributed by atoms with van der Waals surface area (Å²) in [7, 11) is 0. The van der Waals surface area contributed by atoms with E-state index >= 15 is 0 Å². The molecule has 0 heterocycles. The molecule has 0 unspecified atom stereocenters. The Kier molecular flexibility index (Phi) is 11.9. The molecule has 0 aliphatic carbocycles. The van der Waals surface area contributed by atoms with Gasteiger partial charge in [0.1, 0.15) is 4.49 Å². The first kappa shape index (κ1) is 12.4. The third-order valence-corrected chi connectivity index (χ3v) is 0.846. The Morgan fingerprint density at radius 3 is 2.33 bits per heavy atom. The van der Waals surface area contributed by atoms with Crippen LogP contribution >= 0.6 is 23.2 Å². The van der Waals surface area contributed by atoms with Gasteiger partial charge in [0.25, 0.3) is 0 Å². The zero-order valence-electron chi connectivity index (χ0n) is 5.03. The summed E-state index contributed by atoms with van der Waals surface area (Å²) in [6.45, 7) is 2.05. The molecule has 0 nitrogen and oxygen atoms in total. The number of hydrogen-bond acceptors (Lipinski definition) is 0. The van der Waals surface area contributed by atoms with Crippen LogP contribution in [0.2, 0.25) is 0 Å². The van der Waals surface area contributed by atoms with Crippen LogP contribution in [0.1, 0.15) is 13.3 Å². The smallest absolute Gasteiger partial charge is 0.0847 e. The fourth-order valence-electron chi connectivity index (χ4n) is 0.277. The molecule has 0 rings (SSSR count). The zero-order valence-corrected chi connectivity index (χ0v) is 8.18. The molecular formula is C6H8Cl2Rh. The van der Waals surface area contributed by atoms with Crippen molar-refractivity contribution in [1.29, 1.82) is 0 Å². The van der Waals surface area contributed by atoms with E-state index in [2.05, 4.69) is 0 Å². The normalized spacial score (nSPS) is 8.78. The third kappa shape index (κ3) is 12.0. The molecule has 0 aromatic rings. The van der Waals surface area contributed by atoms with E-state index in [1.165, 1.54) is 0 Å². The van der Waals surface area contributed by atoms with E-state index in [-0.39, 0.29) is 19.5 Å². The summed E-state index contributed by atoms with van der Waals surface area (Å²) in [4.78, 5) is 0. The molecule has 1 radical (unpaired) electrons. The van der Waals surface area contributed by atoms with E-state index in [1.54, 1.807) is 6.08 Å². The van der Waals surface area contributed by atoms with Crippen LogP contribution in [0.15, 0.2) is 22.7 Å². The number of allylic oxidation sites excluding steroid dienone is 3. The summed E-state index contributed by atoms with van der Waals surface area (Å²) < 4.78 is 0.301. The van der Waals surface area contributed by atoms with Crippen molar-refractivity contribution in [1.82, 2.24) is 0 Å². The average Bonchev–Trinajstić information content (AvgIpc) is 1.66. The Balaban J connectivity index is 0. The molecule has 0 N–H and O–H groups in total. The molecule has 0 spiro atoms. The number of rotatable bonds is 2. The van der Waals surface area contributed by atoms with Gasteiger partial charge in [0.15, 0.2) is 0 Å². The van der Waals surface area contributed by atoms with Crippen molar-refractivity contribution in [3.63, 3.8) is 0 Å². The molecule has 55 valence electrons. The van der Waals surface area contributed by atoms with Gasteiger partial charge in [-0.3, -0.25) is 0 Å². The van der Waals surface area contributed by atoms with Crippen LogP contribution in [0.5, 0.6) is 0 Å². The molecule has 9 heavy (non-hydrogen) atoms. The third-order valence-electron chi connectivity index (χ3n) is 0.594. The van der Waals surface area contributed by atoms with Gasteiger partial charge in [-0.2, -0.15) is 0 Å². The Bertz CT molecular complexity index is 104. The maximum Gasteiger partial charge on any atom is 0.106 e. The summed E-state index contributed by atoms with van der Waals surface area (Å²) in [6, 6.07) is 0. The van der Waals surface area contributed by atoms with E-state index in [9.17, 15) is 0 Å². The van der Waals surface area contributed by atoms with Gasteiger partial charge in [0.05, 0.1) is 0 Å². The SMILES string of the molecule is CCC=CC=C(Cl)Cl.[Rh]. The molecule has 0 saturated heterocycles. The van der Waals surface area contributed by atoms with Crippen LogP contribution in [0.4, 0.5) is 0 Å². The maximum atomic E-state index is 5.29. The minimum Gasteiger partial charge on any atom is -0.0847 e. The van der Waals surface area contributed by atoms with Gasteiger partial charge in [0.2, 0.25) is 0 Å². The maximum absolute atomic E-state index is 5.29. The summed E-state index contributed by atoms with van der Waals surface area (Å²) in [5.74, 6) is 0. The first-order chi connectivity index (χ1) is 3.77. The Labute approximate surface area is 78.7 Å². The first-order valence-electron chi connectivity index (χ1n) is 2.45. The zero-order chi connectivity index (χ0) is 6.41. The van der Waals surface area contributed by atoms with Gasteiger partial charge >= 0.3 is 0 Å². The topological polar surface area (TPSA) is 0 Å². The fourth-order valence-corrected chi connectivity index (χ4v) is 0.422. The van der Waals surface area contributed by atoms with Crippen LogP contribution in [0.25, 0.3) is 0 Å². The first-order valence-corrected chi connectivity index (χ1v) is 3.20. The predicted octanol–water partition coefficient (Wildman–Crippen LogP) is 3.27. The molecule has 0 aromatic heterocycles. The van der Waals surface area contributed by atoms with Gasteiger partial charge < -0.3 is 0 Å². The van der Waals surface area contributed by atoms with Crippen molar-refractivity contribution < 1.29 is 19.5 Å². The van der Waals surface area contributed by atoms with Gasteiger partial charge in [-0.15, -0.1) is 0 Å². The van der Waals surface area contributed by atoms with E-state index in [4.69, 9.17) is 23.2 Å². The second-order valence-electron chi connectivity index (χ2n) is 1.29. The second-order valence-corrected chi connectivity index (χ2v) is 2.30. The molecular weight excluding hydrogens is 246 g/mol. The largest absolute Gasteiger partial charge is 0.106 e. The summed E-state index contributed by atoms with van der Waals surface area (Å²) in [5.41, 5.74) is 0. The molecule has 0 aromatic carbocycles. The molecule has 0 fully saturated rings. The quantitative estimate of drug-likeness (QED) is 0.524. The Hall–Kier alpha value is 0.683. The van der Waals surface area contributed by atoms with Crippen molar-refractivity contribution >= 4 is 23.2 Å². The summed E-state index contributed by atoms with van der Waals surface area (Å²) in [5, 5.41) is 0. The molecule has 0 amide bonds. The van der Waals surface area contributed by atoms with Gasteiger partial charge in [0, 0.05) is 19.5 Å². The van der Waals surface area contributed by atoms with Crippen molar-refractivity contribution in [3.8, 4) is 0 Å². The Morgan fingerprint density at radius 2 is 2.00 bits per heavy atom. The van der Waals surface area contributed by atoms with E-state index in [1.807, 2.05) is 19.1 Å². The molecule has 0 bridgehead atoms. The van der Waals surface area contributed by atoms with Crippen molar-refractivity contribution in [2.75, 3.05) is 0 Å². The second kappa shape index (κ2) is 8.68. The van der Waals surface area contributed by atoms with Crippen molar-refractivity contribution in [2.24, 2.45) is 0 Å². The summed E-state index contributed by atoms with van der Waals surface area (Å²) in [6.07, 6.45) is 6.46. The molecule has 0 atom stereocenters. The monoisotopic (exact) mass is 253 g/mol. The van der Waals surface area contributed by atoms with Crippen LogP contribution in [0, 0.1) is 0 Å². The standard InChI is InChI=1S/C6H8Cl2.Rh/c1-2-3-4-5-6(7)8;/h3-5H,2H2,1H3;. The molecule has 0 aliphatic rings. The number of halogens is 2. The van der Waals surface area contributed by atoms with Crippen LogP contribution in [-0.2, 0) is 19.5 Å². The number of hydrogen-bond donors (Lipinski definition) is 0. The average molecular weight is 254 g/mol. The van der Waals surface area contributed by atoms with Crippen molar-refractivity contribution in [2.45, 2.75) is 13.3 Å². The van der Waals surface area contributed by atoms with Crippen LogP contribution in [-0.4, -0.2) is 0 Å². The van der Waals surface area contributed by atoms with E-state index in [0.29, 0.717) is 4.49 Å². The predicted molar refractivity (Wildman–Crippen MR) is 39.2 cm³/mol. The Morgan fingerprint density at radius 1 is 1.44 bits per heavy atom. The van der Waals surface area contributed by atoms with E-state index < -0.39 is 0 Å². The molecule has 0 saturated carbocycles. The fraction of sp³-hybridized carbons (Fsp3) is 0.333. The minimum absolute atomic E-state index is 0. The van der Waals surface area contributed by atoms with Crippen LogP contribution in [0.3, 0.4) is 0 Å². The van der Waals surface area contributed by atoms with Gasteiger partial charge in [-0.05, 0) is 12.5 Å². The molecule has 0 aliphatic heterocycles. The van der Waals surface area contributed by atoms with E-state index in [0.717, 1.165) is 6.42 Å². The summed E-state index contributed by atoms with van der Waals surface area (Å²) >= 11 is 10.6.